The molecule has 7 heteroatoms. The summed E-state index contributed by atoms with van der Waals surface area (Å²) in [4.78, 5) is 12.4. The van der Waals surface area contributed by atoms with Crippen LogP contribution in [0.25, 0.3) is 0 Å². The number of allylic oxidation sites excluding steroid dienone is 1. The number of rotatable bonds is 4. The number of carbonyl (C=O) groups is 1. The molecule has 0 spiro atoms. The van der Waals surface area contributed by atoms with E-state index in [9.17, 15) is 9.00 Å². The number of ketones is 1. The van der Waals surface area contributed by atoms with Crippen LogP contribution in [-0.2, 0) is 9.73 Å². The van der Waals surface area contributed by atoms with Crippen molar-refractivity contribution in [2.75, 3.05) is 6.26 Å². The van der Waals surface area contributed by atoms with Crippen LogP contribution in [0.5, 0.6) is 0 Å². The van der Waals surface area contributed by atoms with Crippen molar-refractivity contribution in [1.82, 2.24) is 0 Å². The number of Topliss-reactive ketones (excluding diaryl/α,β-unsaturated/α-hetero) is 1. The van der Waals surface area contributed by atoms with Gasteiger partial charge in [-0.1, -0.05) is 11.6 Å². The number of furan rings is 1. The zero-order valence-corrected chi connectivity index (χ0v) is 13.1. The van der Waals surface area contributed by atoms with Gasteiger partial charge in [0.25, 0.3) is 0 Å². The molecule has 0 radical (unpaired) electrons. The quantitative estimate of drug-likeness (QED) is 0.485. The second-order valence-electron chi connectivity index (χ2n) is 4.32. The molecular formula is C15H11ClN2O3S. The molecular weight excluding hydrogens is 324 g/mol. The molecule has 0 N–H and O–H groups in total. The first-order valence-corrected chi connectivity index (χ1v) is 8.39. The van der Waals surface area contributed by atoms with E-state index >= 15 is 0 Å². The fourth-order valence-corrected chi connectivity index (χ4v) is 2.78. The molecule has 1 aromatic carbocycles. The van der Waals surface area contributed by atoms with Gasteiger partial charge in [-0.2, -0.15) is 5.26 Å². The van der Waals surface area contributed by atoms with Crippen molar-refractivity contribution in [1.29, 1.82) is 5.26 Å². The minimum absolute atomic E-state index is 0.0251. The fraction of sp³-hybridized carbons (Fsp3) is 0.0667. The van der Waals surface area contributed by atoms with E-state index in [1.807, 2.05) is 0 Å². The van der Waals surface area contributed by atoms with Gasteiger partial charge >= 0.3 is 0 Å². The molecule has 0 aliphatic carbocycles. The molecule has 112 valence electrons. The van der Waals surface area contributed by atoms with Crippen molar-refractivity contribution < 1.29 is 13.4 Å². The SMILES string of the molecule is C[S@@](=O)(=N/C=C(\C#N)C(=O)c1ccco1)c1ccc(Cl)cc1. The van der Waals surface area contributed by atoms with Crippen LogP contribution in [0, 0.1) is 11.3 Å². The van der Waals surface area contributed by atoms with E-state index in [2.05, 4.69) is 4.36 Å². The highest BCUT2D eigenvalue weighted by Gasteiger charge is 2.15. The van der Waals surface area contributed by atoms with Gasteiger partial charge in [0.15, 0.2) is 5.76 Å². The Labute approximate surface area is 133 Å². The molecule has 22 heavy (non-hydrogen) atoms. The zero-order chi connectivity index (χ0) is 16.2. The first kappa shape index (κ1) is 16.0. The van der Waals surface area contributed by atoms with Crippen molar-refractivity contribution in [3.8, 4) is 6.07 Å². The summed E-state index contributed by atoms with van der Waals surface area (Å²) >= 11 is 5.78. The number of benzene rings is 1. The predicted molar refractivity (Wildman–Crippen MR) is 82.9 cm³/mol. The monoisotopic (exact) mass is 334 g/mol. The Morgan fingerprint density at radius 1 is 1.36 bits per heavy atom. The Morgan fingerprint density at radius 2 is 2.05 bits per heavy atom. The summed E-state index contributed by atoms with van der Waals surface area (Å²) in [5.74, 6) is -0.584. The van der Waals surface area contributed by atoms with Crippen LogP contribution in [0.3, 0.4) is 0 Å². The summed E-state index contributed by atoms with van der Waals surface area (Å²) < 4.78 is 21.4. The second-order valence-corrected chi connectivity index (χ2v) is 7.05. The van der Waals surface area contributed by atoms with E-state index in [4.69, 9.17) is 21.3 Å². The first-order valence-electron chi connectivity index (χ1n) is 6.09. The molecule has 0 aliphatic heterocycles. The molecule has 2 rings (SSSR count). The molecule has 0 fully saturated rings. The molecule has 0 saturated carbocycles. The van der Waals surface area contributed by atoms with E-state index in [0.29, 0.717) is 9.92 Å². The molecule has 0 amide bonds. The van der Waals surface area contributed by atoms with Gasteiger partial charge in [0.05, 0.1) is 22.2 Å². The van der Waals surface area contributed by atoms with Gasteiger partial charge < -0.3 is 4.42 Å². The van der Waals surface area contributed by atoms with E-state index in [1.165, 1.54) is 24.7 Å². The lowest BCUT2D eigenvalue weighted by atomic mass is 10.1. The molecule has 2 aromatic rings. The third-order valence-corrected chi connectivity index (χ3v) is 4.65. The summed E-state index contributed by atoms with van der Waals surface area (Å²) in [6.45, 7) is 0. The number of hydrogen-bond donors (Lipinski definition) is 0. The Kier molecular flexibility index (Phi) is 4.81. The van der Waals surface area contributed by atoms with Gasteiger partial charge in [-0.15, -0.1) is 0 Å². The largest absolute Gasteiger partial charge is 0.461 e. The van der Waals surface area contributed by atoms with Crippen LogP contribution in [0.4, 0.5) is 0 Å². The predicted octanol–water partition coefficient (Wildman–Crippen LogP) is 3.68. The number of nitrogens with zero attached hydrogens (tertiary/aromatic N) is 2. The summed E-state index contributed by atoms with van der Waals surface area (Å²) in [7, 11) is -2.78. The fourth-order valence-electron chi connectivity index (χ4n) is 1.58. The van der Waals surface area contributed by atoms with Gasteiger partial charge in [-0.25, -0.2) is 8.57 Å². The topological polar surface area (TPSA) is 83.4 Å². The minimum Gasteiger partial charge on any atom is -0.461 e. The van der Waals surface area contributed by atoms with Gasteiger partial charge in [-0.3, -0.25) is 4.79 Å². The van der Waals surface area contributed by atoms with Crippen LogP contribution in [0.15, 0.2) is 68.1 Å². The third kappa shape index (κ3) is 3.64. The molecule has 0 bridgehead atoms. The number of nitriles is 1. The van der Waals surface area contributed by atoms with Crippen molar-refractivity contribution in [2.45, 2.75) is 4.90 Å². The van der Waals surface area contributed by atoms with E-state index in [-0.39, 0.29) is 11.3 Å². The maximum absolute atomic E-state index is 12.5. The number of hydrogen-bond acceptors (Lipinski definition) is 5. The molecule has 0 unspecified atom stereocenters. The lowest BCUT2D eigenvalue weighted by molar-refractivity contribution is 0.101. The molecule has 1 atom stereocenters. The van der Waals surface area contributed by atoms with Crippen LogP contribution in [0.1, 0.15) is 10.6 Å². The Morgan fingerprint density at radius 3 is 2.59 bits per heavy atom. The van der Waals surface area contributed by atoms with Gasteiger partial charge in [0.1, 0.15) is 11.6 Å². The van der Waals surface area contributed by atoms with E-state index < -0.39 is 15.5 Å². The van der Waals surface area contributed by atoms with Gasteiger partial charge in [0, 0.05) is 16.2 Å². The normalized spacial score (nSPS) is 14.0. The highest BCUT2D eigenvalue weighted by Crippen LogP contribution is 2.17. The minimum atomic E-state index is -2.78. The van der Waals surface area contributed by atoms with Crippen molar-refractivity contribution in [2.24, 2.45) is 4.36 Å². The lowest BCUT2D eigenvalue weighted by Gasteiger charge is -2.02. The Hall–Kier alpha value is -2.36. The lowest BCUT2D eigenvalue weighted by Crippen LogP contribution is -2.01. The molecule has 1 heterocycles. The molecule has 0 aliphatic rings. The second kappa shape index (κ2) is 6.60. The van der Waals surface area contributed by atoms with Crippen molar-refractivity contribution >= 4 is 27.1 Å². The molecule has 0 saturated heterocycles. The molecule has 5 nitrogen and oxygen atoms in total. The van der Waals surface area contributed by atoms with Gasteiger partial charge in [0.2, 0.25) is 5.78 Å². The third-order valence-electron chi connectivity index (χ3n) is 2.74. The van der Waals surface area contributed by atoms with Crippen molar-refractivity contribution in [3.05, 3.63) is 65.2 Å². The average molecular weight is 335 g/mol. The first-order chi connectivity index (χ1) is 10.4. The highest BCUT2D eigenvalue weighted by molar-refractivity contribution is 7.93. The summed E-state index contributed by atoms with van der Waals surface area (Å²) in [5, 5.41) is 9.56. The Balaban J connectivity index is 2.38. The van der Waals surface area contributed by atoms with Crippen LogP contribution >= 0.6 is 11.6 Å². The van der Waals surface area contributed by atoms with Crippen LogP contribution in [0.2, 0.25) is 5.02 Å². The molecule has 1 aromatic heterocycles. The highest BCUT2D eigenvalue weighted by atomic mass is 35.5. The van der Waals surface area contributed by atoms with Crippen molar-refractivity contribution in [3.63, 3.8) is 0 Å². The summed E-state index contributed by atoms with van der Waals surface area (Å²) in [5.41, 5.74) is -0.251. The Bertz CT molecular complexity index is 869. The van der Waals surface area contributed by atoms with E-state index in [1.54, 1.807) is 30.3 Å². The maximum Gasteiger partial charge on any atom is 0.240 e. The van der Waals surface area contributed by atoms with Crippen LogP contribution < -0.4 is 0 Å². The van der Waals surface area contributed by atoms with E-state index in [0.717, 1.165) is 6.20 Å². The smallest absolute Gasteiger partial charge is 0.240 e. The van der Waals surface area contributed by atoms with Crippen LogP contribution in [-0.4, -0.2) is 16.2 Å². The summed E-state index contributed by atoms with van der Waals surface area (Å²) in [6.07, 6.45) is 3.76. The van der Waals surface area contributed by atoms with Gasteiger partial charge in [-0.05, 0) is 36.4 Å². The number of halogens is 1. The summed E-state index contributed by atoms with van der Waals surface area (Å²) in [6, 6.07) is 11.1. The zero-order valence-electron chi connectivity index (χ0n) is 11.5. The standard InChI is InChI=1S/C15H11ClN2O3S/c1-22(20,13-6-4-12(16)5-7-13)18-10-11(9-17)15(19)14-3-2-8-21-14/h2-8,10H,1H3/b11-10+/t22-/m0/s1. The maximum atomic E-state index is 12.5. The average Bonchev–Trinajstić information content (AvgIpc) is 3.02. The number of carbonyl (C=O) groups excluding carboxylic acids is 1.